The topological polar surface area (TPSA) is 64.0 Å². The summed E-state index contributed by atoms with van der Waals surface area (Å²) < 4.78 is 4.54. The number of anilines is 2. The Morgan fingerprint density at radius 3 is 2.78 bits per heavy atom. The Balaban J connectivity index is 2.21. The summed E-state index contributed by atoms with van der Waals surface area (Å²) in [5.74, 6) is 1.00. The van der Waals surface area contributed by atoms with Gasteiger partial charge in [-0.3, -0.25) is 0 Å². The third kappa shape index (κ3) is 2.82. The zero-order chi connectivity index (χ0) is 16.4. The summed E-state index contributed by atoms with van der Waals surface area (Å²) in [4.78, 5) is 3.10. The molecule has 23 heavy (non-hydrogen) atoms. The van der Waals surface area contributed by atoms with Gasteiger partial charge in [0.25, 0.3) is 0 Å². The van der Waals surface area contributed by atoms with Gasteiger partial charge < -0.3 is 15.2 Å². The molecule has 120 valence electrons. The van der Waals surface area contributed by atoms with Gasteiger partial charge in [-0.15, -0.1) is 0 Å². The number of fused-ring (bicyclic) bond motifs is 1. The number of nitrogens with zero attached hydrogens (tertiary/aromatic N) is 1. The van der Waals surface area contributed by atoms with Crippen LogP contribution in [-0.4, -0.2) is 23.0 Å². The molecule has 0 fully saturated rings. The Hall–Kier alpha value is -2.34. The van der Waals surface area contributed by atoms with E-state index < -0.39 is 0 Å². The summed E-state index contributed by atoms with van der Waals surface area (Å²) in [6.07, 6.45) is 1.84. The molecule has 0 aliphatic heterocycles. The zero-order valence-electron chi connectivity index (χ0n) is 13.5. The first-order valence-corrected chi connectivity index (χ1v) is 8.56. The standard InChI is InChI=1S/C17H20N4OS/c1-4-23-20-12-5-6-16(18-3)15(10-12)14-9-11(2)21(22)17-13(14)7-8-19-17/h5-10,20,22H,4H2,1-3H3,(H,18,19)/p+1. The van der Waals surface area contributed by atoms with Gasteiger partial charge in [0.15, 0.2) is 0 Å². The predicted molar refractivity (Wildman–Crippen MR) is 97.2 cm³/mol. The smallest absolute Gasteiger partial charge is 0.326 e. The van der Waals surface area contributed by atoms with E-state index in [0.717, 1.165) is 39.3 Å². The number of benzene rings is 1. The van der Waals surface area contributed by atoms with Gasteiger partial charge in [0.05, 0.1) is 11.6 Å². The van der Waals surface area contributed by atoms with E-state index in [-0.39, 0.29) is 0 Å². The van der Waals surface area contributed by atoms with E-state index in [0.29, 0.717) is 5.65 Å². The van der Waals surface area contributed by atoms with Crippen LogP contribution in [0.5, 0.6) is 0 Å². The fourth-order valence-electron chi connectivity index (χ4n) is 2.70. The van der Waals surface area contributed by atoms with Gasteiger partial charge in [-0.1, -0.05) is 18.9 Å². The average Bonchev–Trinajstić information content (AvgIpc) is 3.06. The summed E-state index contributed by atoms with van der Waals surface area (Å²) in [6, 6.07) is 10.3. The van der Waals surface area contributed by atoms with Crippen molar-refractivity contribution in [1.29, 1.82) is 0 Å². The minimum atomic E-state index is 0.698. The van der Waals surface area contributed by atoms with E-state index in [1.165, 1.54) is 4.73 Å². The van der Waals surface area contributed by atoms with Gasteiger partial charge in [0.1, 0.15) is 5.69 Å². The van der Waals surface area contributed by atoms with Crippen molar-refractivity contribution in [3.05, 3.63) is 42.2 Å². The highest BCUT2D eigenvalue weighted by Gasteiger charge is 2.18. The average molecular weight is 329 g/mol. The molecule has 6 heteroatoms. The molecule has 2 heterocycles. The predicted octanol–water partition coefficient (Wildman–Crippen LogP) is 3.79. The second-order valence-electron chi connectivity index (χ2n) is 5.30. The molecule has 0 radical (unpaired) electrons. The van der Waals surface area contributed by atoms with Gasteiger partial charge in [-0.05, 0) is 35.1 Å². The lowest BCUT2D eigenvalue weighted by Crippen LogP contribution is -2.34. The molecule has 0 saturated heterocycles. The van der Waals surface area contributed by atoms with Crippen molar-refractivity contribution < 1.29 is 9.94 Å². The number of hydrogen-bond acceptors (Lipinski definition) is 4. The normalized spacial score (nSPS) is 10.9. The summed E-state index contributed by atoms with van der Waals surface area (Å²) in [5.41, 5.74) is 5.77. The molecule has 0 aliphatic rings. The molecule has 3 rings (SSSR count). The van der Waals surface area contributed by atoms with Crippen LogP contribution in [0.1, 0.15) is 12.6 Å². The first-order valence-electron chi connectivity index (χ1n) is 7.57. The van der Waals surface area contributed by atoms with E-state index >= 15 is 0 Å². The fourth-order valence-corrected chi connectivity index (χ4v) is 3.14. The van der Waals surface area contributed by atoms with Gasteiger partial charge >= 0.3 is 5.65 Å². The lowest BCUT2D eigenvalue weighted by Gasteiger charge is -2.13. The maximum Gasteiger partial charge on any atom is 0.326 e. The number of aromatic amines is 1. The quantitative estimate of drug-likeness (QED) is 0.327. The minimum Gasteiger partial charge on any atom is -0.388 e. The van der Waals surface area contributed by atoms with Gasteiger partial charge in [0.2, 0.25) is 0 Å². The van der Waals surface area contributed by atoms with Crippen molar-refractivity contribution in [2.24, 2.45) is 0 Å². The third-order valence-electron chi connectivity index (χ3n) is 3.83. The molecule has 4 N–H and O–H groups in total. The van der Waals surface area contributed by atoms with Crippen LogP contribution in [0.4, 0.5) is 11.4 Å². The highest BCUT2D eigenvalue weighted by molar-refractivity contribution is 8.00. The van der Waals surface area contributed by atoms with Crippen molar-refractivity contribution in [2.45, 2.75) is 13.8 Å². The molecule has 5 nitrogen and oxygen atoms in total. The Kier molecular flexibility index (Phi) is 4.34. The number of pyridine rings is 1. The Bertz CT molecular complexity index is 844. The molecule has 0 atom stereocenters. The highest BCUT2D eigenvalue weighted by Crippen LogP contribution is 2.35. The van der Waals surface area contributed by atoms with Crippen LogP contribution in [0, 0.1) is 6.92 Å². The molecule has 0 spiro atoms. The Morgan fingerprint density at radius 2 is 2.04 bits per heavy atom. The first-order chi connectivity index (χ1) is 11.2. The molecule has 3 aromatic rings. The molecule has 2 aromatic heterocycles. The molecule has 0 saturated carbocycles. The first kappa shape index (κ1) is 15.6. The maximum atomic E-state index is 10.2. The molecule has 0 bridgehead atoms. The molecule has 0 unspecified atom stereocenters. The highest BCUT2D eigenvalue weighted by atomic mass is 32.2. The number of aromatic nitrogens is 2. The van der Waals surface area contributed by atoms with E-state index in [2.05, 4.69) is 40.1 Å². The summed E-state index contributed by atoms with van der Waals surface area (Å²) in [6.45, 7) is 4.00. The van der Waals surface area contributed by atoms with Crippen LogP contribution in [0.15, 0.2) is 36.5 Å². The van der Waals surface area contributed by atoms with Crippen LogP contribution < -0.4 is 14.8 Å². The second kappa shape index (κ2) is 6.42. The minimum absolute atomic E-state index is 0.698. The Labute approximate surface area is 139 Å². The lowest BCUT2D eigenvalue weighted by molar-refractivity contribution is -0.889. The fraction of sp³-hybridized carbons (Fsp3) is 0.235. The molecule has 0 amide bonds. The lowest BCUT2D eigenvalue weighted by atomic mass is 10.00. The van der Waals surface area contributed by atoms with Crippen molar-refractivity contribution in [3.8, 4) is 11.1 Å². The molecule has 1 aromatic carbocycles. The maximum absolute atomic E-state index is 10.2. The van der Waals surface area contributed by atoms with Gasteiger partial charge in [-0.2, -0.15) is 0 Å². The summed E-state index contributed by atoms with van der Waals surface area (Å²) in [7, 11) is 1.92. The van der Waals surface area contributed by atoms with Crippen LogP contribution >= 0.6 is 11.9 Å². The number of H-pyrrole nitrogens is 1. The molecular formula is C17H21N4OS+. The Morgan fingerprint density at radius 1 is 1.22 bits per heavy atom. The SMILES string of the molecule is CCSNc1ccc(NC)c(-c2cc(C)[n+](O)c3[nH]ccc23)c1. The van der Waals surface area contributed by atoms with E-state index in [9.17, 15) is 5.21 Å². The van der Waals surface area contributed by atoms with Crippen LogP contribution in [0.3, 0.4) is 0 Å². The monoisotopic (exact) mass is 329 g/mol. The van der Waals surface area contributed by atoms with Gasteiger partial charge in [-0.25, -0.2) is 4.98 Å². The van der Waals surface area contributed by atoms with E-state index in [1.54, 1.807) is 11.9 Å². The van der Waals surface area contributed by atoms with E-state index in [4.69, 9.17) is 0 Å². The van der Waals surface area contributed by atoms with Crippen molar-refractivity contribution in [2.75, 3.05) is 22.8 Å². The number of aryl methyl sites for hydroxylation is 1. The van der Waals surface area contributed by atoms with Crippen LogP contribution in [-0.2, 0) is 0 Å². The van der Waals surface area contributed by atoms with Gasteiger partial charge in [0, 0.05) is 42.2 Å². The van der Waals surface area contributed by atoms with Crippen molar-refractivity contribution in [1.82, 2.24) is 4.98 Å². The third-order valence-corrected chi connectivity index (χ3v) is 4.50. The second-order valence-corrected chi connectivity index (χ2v) is 6.37. The largest absolute Gasteiger partial charge is 0.388 e. The molecular weight excluding hydrogens is 308 g/mol. The molecule has 0 aliphatic carbocycles. The summed E-state index contributed by atoms with van der Waals surface area (Å²) in [5, 5.41) is 14.4. The number of hydrogen-bond donors (Lipinski definition) is 4. The van der Waals surface area contributed by atoms with Crippen molar-refractivity contribution >= 4 is 34.4 Å². The number of rotatable bonds is 5. The van der Waals surface area contributed by atoms with E-state index in [1.807, 2.05) is 32.3 Å². The zero-order valence-corrected chi connectivity index (χ0v) is 14.3. The summed E-state index contributed by atoms with van der Waals surface area (Å²) >= 11 is 1.67. The van der Waals surface area contributed by atoms with Crippen molar-refractivity contribution in [3.63, 3.8) is 0 Å². The van der Waals surface area contributed by atoms with Crippen LogP contribution in [0.25, 0.3) is 22.2 Å². The van der Waals surface area contributed by atoms with Crippen LogP contribution in [0.2, 0.25) is 0 Å². The number of nitrogens with one attached hydrogen (secondary N) is 3.